The standard InChI is InChI=1S/C12H16FNS/c1-2-7-15-8-6-14-10-11-4-3-5-12(13)9-11/h2-5,9,14H,1,6-8,10H2. The van der Waals surface area contributed by atoms with Crippen LogP contribution in [-0.2, 0) is 6.54 Å². The summed E-state index contributed by atoms with van der Waals surface area (Å²) in [5, 5.41) is 3.27. The summed E-state index contributed by atoms with van der Waals surface area (Å²) in [4.78, 5) is 0. The molecule has 0 aliphatic rings. The molecule has 1 aromatic rings. The van der Waals surface area contributed by atoms with E-state index in [2.05, 4.69) is 11.9 Å². The molecule has 0 aliphatic heterocycles. The van der Waals surface area contributed by atoms with Gasteiger partial charge < -0.3 is 5.32 Å². The first-order valence-corrected chi connectivity index (χ1v) is 6.12. The molecule has 0 unspecified atom stereocenters. The van der Waals surface area contributed by atoms with Crippen LogP contribution in [0, 0.1) is 5.82 Å². The van der Waals surface area contributed by atoms with Crippen LogP contribution in [0.4, 0.5) is 4.39 Å². The Kier molecular flexibility index (Phi) is 6.12. The van der Waals surface area contributed by atoms with Gasteiger partial charge in [-0.3, -0.25) is 0 Å². The summed E-state index contributed by atoms with van der Waals surface area (Å²) in [5.74, 6) is 1.87. The highest BCUT2D eigenvalue weighted by Gasteiger charge is 1.94. The minimum atomic E-state index is -0.171. The van der Waals surface area contributed by atoms with Crippen LogP contribution in [0.5, 0.6) is 0 Å². The van der Waals surface area contributed by atoms with Gasteiger partial charge in [-0.1, -0.05) is 18.2 Å². The second kappa shape index (κ2) is 7.49. The van der Waals surface area contributed by atoms with Crippen LogP contribution < -0.4 is 5.32 Å². The third kappa shape index (κ3) is 5.60. The zero-order valence-corrected chi connectivity index (χ0v) is 9.52. The lowest BCUT2D eigenvalue weighted by Crippen LogP contribution is -2.16. The largest absolute Gasteiger partial charge is 0.312 e. The molecule has 0 fully saturated rings. The van der Waals surface area contributed by atoms with Crippen LogP contribution in [0.25, 0.3) is 0 Å². The third-order valence-electron chi connectivity index (χ3n) is 1.88. The molecular formula is C12H16FNS. The van der Waals surface area contributed by atoms with Crippen LogP contribution in [0.3, 0.4) is 0 Å². The van der Waals surface area contributed by atoms with Crippen molar-refractivity contribution >= 4 is 11.8 Å². The van der Waals surface area contributed by atoms with E-state index < -0.39 is 0 Å². The van der Waals surface area contributed by atoms with Gasteiger partial charge in [0.1, 0.15) is 5.82 Å². The lowest BCUT2D eigenvalue weighted by Gasteiger charge is -2.04. The van der Waals surface area contributed by atoms with Gasteiger partial charge in [0.25, 0.3) is 0 Å². The van der Waals surface area contributed by atoms with Crippen LogP contribution in [0.15, 0.2) is 36.9 Å². The Bertz CT molecular complexity index is 301. The highest BCUT2D eigenvalue weighted by Crippen LogP contribution is 2.03. The SMILES string of the molecule is C=CCSCCNCc1cccc(F)c1. The van der Waals surface area contributed by atoms with Crippen molar-refractivity contribution in [3.8, 4) is 0 Å². The molecule has 3 heteroatoms. The number of thioether (sulfide) groups is 1. The third-order valence-corrected chi connectivity index (χ3v) is 2.84. The van der Waals surface area contributed by atoms with Gasteiger partial charge >= 0.3 is 0 Å². The maximum absolute atomic E-state index is 12.8. The van der Waals surface area contributed by atoms with Crippen LogP contribution >= 0.6 is 11.8 Å². The Hall–Kier alpha value is -0.800. The van der Waals surface area contributed by atoms with E-state index in [-0.39, 0.29) is 5.82 Å². The molecule has 0 radical (unpaired) electrons. The molecule has 1 N–H and O–H groups in total. The molecule has 0 saturated heterocycles. The predicted molar refractivity (Wildman–Crippen MR) is 65.6 cm³/mol. The molecule has 82 valence electrons. The van der Waals surface area contributed by atoms with Gasteiger partial charge in [0.2, 0.25) is 0 Å². The van der Waals surface area contributed by atoms with Crippen molar-refractivity contribution in [3.63, 3.8) is 0 Å². The summed E-state index contributed by atoms with van der Waals surface area (Å²) in [6.07, 6.45) is 1.90. The Morgan fingerprint density at radius 1 is 1.47 bits per heavy atom. The first-order chi connectivity index (χ1) is 7.33. The van der Waals surface area contributed by atoms with Crippen molar-refractivity contribution in [2.75, 3.05) is 18.1 Å². The molecule has 0 amide bonds. The van der Waals surface area contributed by atoms with Gasteiger partial charge in [0.15, 0.2) is 0 Å². The number of nitrogens with one attached hydrogen (secondary N) is 1. The van der Waals surface area contributed by atoms with Crippen molar-refractivity contribution in [1.82, 2.24) is 5.32 Å². The quantitative estimate of drug-likeness (QED) is 0.565. The topological polar surface area (TPSA) is 12.0 Å². The van der Waals surface area contributed by atoms with E-state index in [1.807, 2.05) is 23.9 Å². The Morgan fingerprint density at radius 3 is 3.07 bits per heavy atom. The van der Waals surface area contributed by atoms with Crippen LogP contribution in [0.1, 0.15) is 5.56 Å². The second-order valence-corrected chi connectivity index (χ2v) is 4.32. The predicted octanol–water partition coefficient (Wildman–Crippen LogP) is 2.83. The van der Waals surface area contributed by atoms with Crippen molar-refractivity contribution in [2.45, 2.75) is 6.54 Å². The molecule has 0 aromatic heterocycles. The normalized spacial score (nSPS) is 10.2. The Balaban J connectivity index is 2.12. The van der Waals surface area contributed by atoms with E-state index in [9.17, 15) is 4.39 Å². The van der Waals surface area contributed by atoms with Gasteiger partial charge in [-0.15, -0.1) is 6.58 Å². The number of hydrogen-bond acceptors (Lipinski definition) is 2. The van der Waals surface area contributed by atoms with Gasteiger partial charge in [0.05, 0.1) is 0 Å². The lowest BCUT2D eigenvalue weighted by molar-refractivity contribution is 0.622. The second-order valence-electron chi connectivity index (χ2n) is 3.17. The van der Waals surface area contributed by atoms with Gasteiger partial charge in [-0.25, -0.2) is 4.39 Å². The van der Waals surface area contributed by atoms with E-state index in [0.29, 0.717) is 0 Å². The number of rotatable bonds is 7. The van der Waals surface area contributed by atoms with Gasteiger partial charge in [0, 0.05) is 24.6 Å². The van der Waals surface area contributed by atoms with Crippen molar-refractivity contribution < 1.29 is 4.39 Å². The van der Waals surface area contributed by atoms with Crippen LogP contribution in [-0.4, -0.2) is 18.1 Å². The average Bonchev–Trinajstić information content (AvgIpc) is 2.23. The fourth-order valence-corrected chi connectivity index (χ4v) is 1.81. The molecule has 0 saturated carbocycles. The Labute approximate surface area is 94.8 Å². The van der Waals surface area contributed by atoms with Crippen molar-refractivity contribution in [3.05, 3.63) is 48.3 Å². The highest BCUT2D eigenvalue weighted by molar-refractivity contribution is 7.99. The van der Waals surface area contributed by atoms with E-state index in [1.54, 1.807) is 12.1 Å². The molecule has 15 heavy (non-hydrogen) atoms. The fraction of sp³-hybridized carbons (Fsp3) is 0.333. The molecular weight excluding hydrogens is 209 g/mol. The maximum atomic E-state index is 12.8. The Morgan fingerprint density at radius 2 is 2.33 bits per heavy atom. The van der Waals surface area contributed by atoms with Crippen molar-refractivity contribution in [2.24, 2.45) is 0 Å². The number of hydrogen-bond donors (Lipinski definition) is 1. The number of benzene rings is 1. The summed E-state index contributed by atoms with van der Waals surface area (Å²) in [6, 6.07) is 6.68. The van der Waals surface area contributed by atoms with Crippen molar-refractivity contribution in [1.29, 1.82) is 0 Å². The highest BCUT2D eigenvalue weighted by atomic mass is 32.2. The molecule has 0 bridgehead atoms. The zero-order valence-electron chi connectivity index (χ0n) is 8.71. The van der Waals surface area contributed by atoms with E-state index in [1.165, 1.54) is 6.07 Å². The summed E-state index contributed by atoms with van der Waals surface area (Å²) in [5.41, 5.74) is 0.990. The summed E-state index contributed by atoms with van der Waals surface area (Å²) >= 11 is 1.84. The van der Waals surface area contributed by atoms with Gasteiger partial charge in [-0.2, -0.15) is 11.8 Å². The first-order valence-electron chi connectivity index (χ1n) is 4.96. The number of halogens is 1. The molecule has 0 atom stereocenters. The zero-order chi connectivity index (χ0) is 10.9. The van der Waals surface area contributed by atoms with E-state index >= 15 is 0 Å². The summed E-state index contributed by atoms with van der Waals surface area (Å²) in [6.45, 7) is 5.32. The molecule has 0 heterocycles. The summed E-state index contributed by atoms with van der Waals surface area (Å²) in [7, 11) is 0. The molecule has 0 aliphatic carbocycles. The van der Waals surface area contributed by atoms with E-state index in [0.717, 1.165) is 30.2 Å². The minimum absolute atomic E-state index is 0.171. The summed E-state index contributed by atoms with van der Waals surface area (Å²) < 4.78 is 12.8. The minimum Gasteiger partial charge on any atom is -0.312 e. The molecule has 0 spiro atoms. The smallest absolute Gasteiger partial charge is 0.123 e. The monoisotopic (exact) mass is 225 g/mol. The molecule has 1 aromatic carbocycles. The van der Waals surface area contributed by atoms with Gasteiger partial charge in [-0.05, 0) is 17.7 Å². The fourth-order valence-electron chi connectivity index (χ4n) is 1.19. The molecule has 1 rings (SSSR count). The maximum Gasteiger partial charge on any atom is 0.123 e. The average molecular weight is 225 g/mol. The van der Waals surface area contributed by atoms with Crippen LogP contribution in [0.2, 0.25) is 0 Å². The van der Waals surface area contributed by atoms with E-state index in [4.69, 9.17) is 0 Å². The first kappa shape index (κ1) is 12.3. The molecule has 1 nitrogen and oxygen atoms in total. The lowest BCUT2D eigenvalue weighted by atomic mass is 10.2.